The van der Waals surface area contributed by atoms with Crippen molar-refractivity contribution in [1.29, 1.82) is 0 Å². The number of hydrogen-bond acceptors (Lipinski definition) is 7. The molecule has 0 aliphatic carbocycles. The van der Waals surface area contributed by atoms with E-state index in [-0.39, 0.29) is 5.56 Å². The van der Waals surface area contributed by atoms with Gasteiger partial charge >= 0.3 is 0 Å². The topological polar surface area (TPSA) is 78.2 Å². The molecule has 0 amide bonds. The number of aryl methyl sites for hydroxylation is 1. The summed E-state index contributed by atoms with van der Waals surface area (Å²) in [4.78, 5) is 17.8. The van der Waals surface area contributed by atoms with E-state index in [1.165, 1.54) is 23.1 Å². The van der Waals surface area contributed by atoms with Crippen LogP contribution in [0.15, 0.2) is 74.5 Å². The maximum Gasteiger partial charge on any atom is 0.258 e. The van der Waals surface area contributed by atoms with Gasteiger partial charge in [0.05, 0.1) is 18.5 Å². The van der Waals surface area contributed by atoms with Gasteiger partial charge in [-0.25, -0.2) is 4.98 Å². The predicted octanol–water partition coefficient (Wildman–Crippen LogP) is 4.26. The van der Waals surface area contributed by atoms with Crippen LogP contribution in [-0.4, -0.2) is 24.1 Å². The number of rotatable bonds is 6. The van der Waals surface area contributed by atoms with E-state index in [0.717, 1.165) is 22.1 Å². The van der Waals surface area contributed by atoms with Gasteiger partial charge in [0.1, 0.15) is 0 Å². The minimum atomic E-state index is -0.0589. The molecule has 5 aromatic rings. The highest BCUT2D eigenvalue weighted by Crippen LogP contribution is 2.27. The standard InChI is InChI=1S/C21H17N5O2S2/c1-14-12-29-20-22-16(10-18(27)26(14)20)13-30-21-24-23-19(17-8-5-9-28-17)25(21)11-15-6-3-2-4-7-15/h2-10,12H,11,13H2,1H3. The monoisotopic (exact) mass is 435 g/mol. The molecule has 4 heterocycles. The van der Waals surface area contributed by atoms with Crippen molar-refractivity contribution >= 4 is 28.1 Å². The zero-order valence-electron chi connectivity index (χ0n) is 16.1. The number of benzene rings is 1. The zero-order valence-corrected chi connectivity index (χ0v) is 17.7. The third kappa shape index (κ3) is 3.57. The van der Waals surface area contributed by atoms with Crippen LogP contribution in [0.3, 0.4) is 0 Å². The van der Waals surface area contributed by atoms with E-state index >= 15 is 0 Å². The van der Waals surface area contributed by atoms with Crippen molar-refractivity contribution in [2.24, 2.45) is 0 Å². The molecular weight excluding hydrogens is 418 g/mol. The van der Waals surface area contributed by atoms with Crippen LogP contribution in [-0.2, 0) is 12.3 Å². The van der Waals surface area contributed by atoms with Gasteiger partial charge in [0.25, 0.3) is 5.56 Å². The van der Waals surface area contributed by atoms with E-state index in [4.69, 9.17) is 4.42 Å². The summed E-state index contributed by atoms with van der Waals surface area (Å²) in [6.45, 7) is 2.52. The highest BCUT2D eigenvalue weighted by molar-refractivity contribution is 7.98. The second-order valence-electron chi connectivity index (χ2n) is 6.72. The van der Waals surface area contributed by atoms with Crippen molar-refractivity contribution in [1.82, 2.24) is 24.1 Å². The Morgan fingerprint density at radius 1 is 1.13 bits per heavy atom. The van der Waals surface area contributed by atoms with E-state index in [0.29, 0.717) is 28.8 Å². The summed E-state index contributed by atoms with van der Waals surface area (Å²) in [5.41, 5.74) is 2.70. The fraction of sp³-hybridized carbons (Fsp3) is 0.143. The first-order valence-corrected chi connectivity index (χ1v) is 11.2. The lowest BCUT2D eigenvalue weighted by Gasteiger charge is -2.09. The van der Waals surface area contributed by atoms with Gasteiger partial charge in [-0.3, -0.25) is 13.8 Å². The molecule has 7 nitrogen and oxygen atoms in total. The Kier molecular flexibility index (Phi) is 4.97. The molecule has 0 saturated carbocycles. The van der Waals surface area contributed by atoms with Crippen LogP contribution in [0.1, 0.15) is 17.0 Å². The fourth-order valence-electron chi connectivity index (χ4n) is 3.21. The molecule has 0 saturated heterocycles. The summed E-state index contributed by atoms with van der Waals surface area (Å²) >= 11 is 2.97. The summed E-state index contributed by atoms with van der Waals surface area (Å²) < 4.78 is 9.21. The van der Waals surface area contributed by atoms with Gasteiger partial charge in [0, 0.05) is 22.9 Å². The predicted molar refractivity (Wildman–Crippen MR) is 117 cm³/mol. The summed E-state index contributed by atoms with van der Waals surface area (Å²) in [5.74, 6) is 1.86. The van der Waals surface area contributed by atoms with Crippen molar-refractivity contribution in [3.63, 3.8) is 0 Å². The molecule has 5 rings (SSSR count). The Balaban J connectivity index is 1.46. The second-order valence-corrected chi connectivity index (χ2v) is 8.50. The highest BCUT2D eigenvalue weighted by atomic mass is 32.2. The molecular formula is C21H17N5O2S2. The van der Waals surface area contributed by atoms with Crippen LogP contribution in [0.25, 0.3) is 16.5 Å². The van der Waals surface area contributed by atoms with Crippen molar-refractivity contribution in [2.75, 3.05) is 0 Å². The summed E-state index contributed by atoms with van der Waals surface area (Å²) in [6, 6.07) is 15.4. The number of hydrogen-bond donors (Lipinski definition) is 0. The van der Waals surface area contributed by atoms with Crippen molar-refractivity contribution in [3.05, 3.63) is 87.5 Å². The van der Waals surface area contributed by atoms with E-state index in [1.807, 2.05) is 47.2 Å². The van der Waals surface area contributed by atoms with Crippen molar-refractivity contribution in [3.8, 4) is 11.6 Å². The van der Waals surface area contributed by atoms with Gasteiger partial charge < -0.3 is 4.42 Å². The van der Waals surface area contributed by atoms with Crippen LogP contribution < -0.4 is 5.56 Å². The molecule has 30 heavy (non-hydrogen) atoms. The maximum absolute atomic E-state index is 12.4. The van der Waals surface area contributed by atoms with Gasteiger partial charge in [-0.2, -0.15) is 0 Å². The Hall–Kier alpha value is -3.17. The Bertz CT molecular complexity index is 1350. The maximum atomic E-state index is 12.4. The van der Waals surface area contributed by atoms with Crippen LogP contribution in [0.5, 0.6) is 0 Å². The molecule has 0 aliphatic rings. The third-order valence-corrected chi connectivity index (χ3v) is 6.56. The number of thioether (sulfide) groups is 1. The van der Waals surface area contributed by atoms with Crippen LogP contribution >= 0.6 is 23.1 Å². The van der Waals surface area contributed by atoms with Crippen molar-refractivity contribution in [2.45, 2.75) is 24.4 Å². The smallest absolute Gasteiger partial charge is 0.258 e. The zero-order chi connectivity index (χ0) is 20.5. The normalized spacial score (nSPS) is 11.4. The van der Waals surface area contributed by atoms with Gasteiger partial charge in [-0.05, 0) is 24.6 Å². The van der Waals surface area contributed by atoms with E-state index in [9.17, 15) is 4.79 Å². The number of aromatic nitrogens is 5. The lowest BCUT2D eigenvalue weighted by Crippen LogP contribution is -2.14. The van der Waals surface area contributed by atoms with Gasteiger partial charge in [-0.1, -0.05) is 42.1 Å². The number of nitrogens with zero attached hydrogens (tertiary/aromatic N) is 5. The molecule has 0 unspecified atom stereocenters. The second kappa shape index (κ2) is 7.92. The summed E-state index contributed by atoms with van der Waals surface area (Å²) in [7, 11) is 0. The molecule has 1 aromatic carbocycles. The molecule has 0 fully saturated rings. The molecule has 0 atom stereocenters. The average molecular weight is 436 g/mol. The minimum Gasteiger partial charge on any atom is -0.461 e. The van der Waals surface area contributed by atoms with Crippen LogP contribution in [0.2, 0.25) is 0 Å². The lowest BCUT2D eigenvalue weighted by molar-refractivity contribution is 0.569. The molecule has 0 radical (unpaired) electrons. The van der Waals surface area contributed by atoms with Gasteiger partial charge in [0.15, 0.2) is 15.9 Å². The van der Waals surface area contributed by atoms with Crippen LogP contribution in [0, 0.1) is 6.92 Å². The highest BCUT2D eigenvalue weighted by Gasteiger charge is 2.17. The Morgan fingerprint density at radius 3 is 2.80 bits per heavy atom. The number of furan rings is 1. The van der Waals surface area contributed by atoms with E-state index in [1.54, 1.807) is 16.7 Å². The average Bonchev–Trinajstić information content (AvgIpc) is 3.48. The van der Waals surface area contributed by atoms with Gasteiger partial charge in [-0.15, -0.1) is 21.5 Å². The summed E-state index contributed by atoms with van der Waals surface area (Å²) in [6.07, 6.45) is 1.62. The molecule has 150 valence electrons. The minimum absolute atomic E-state index is 0.0589. The molecule has 9 heteroatoms. The van der Waals surface area contributed by atoms with E-state index in [2.05, 4.69) is 27.3 Å². The summed E-state index contributed by atoms with van der Waals surface area (Å²) in [5, 5.41) is 11.4. The number of fused-ring (bicyclic) bond motifs is 1. The third-order valence-electron chi connectivity index (χ3n) is 4.62. The SMILES string of the molecule is Cc1csc2nc(CSc3nnc(-c4ccco4)n3Cc3ccccc3)cc(=O)n12. The largest absolute Gasteiger partial charge is 0.461 e. The first-order valence-electron chi connectivity index (χ1n) is 9.29. The molecule has 0 N–H and O–H groups in total. The molecule has 0 aliphatic heterocycles. The first kappa shape index (κ1) is 18.8. The molecule has 0 bridgehead atoms. The lowest BCUT2D eigenvalue weighted by atomic mass is 10.2. The molecule has 4 aromatic heterocycles. The Morgan fingerprint density at radius 2 is 2.00 bits per heavy atom. The van der Waals surface area contributed by atoms with Gasteiger partial charge in [0.2, 0.25) is 5.82 Å². The quantitative estimate of drug-likeness (QED) is 0.371. The van der Waals surface area contributed by atoms with Crippen molar-refractivity contribution < 1.29 is 4.42 Å². The number of thiazole rings is 1. The fourth-order valence-corrected chi connectivity index (χ4v) is 4.93. The van der Waals surface area contributed by atoms with Crippen LogP contribution in [0.4, 0.5) is 0 Å². The van der Waals surface area contributed by atoms with E-state index < -0.39 is 0 Å². The first-order chi connectivity index (χ1) is 14.7. The Labute approximate surface area is 180 Å². The molecule has 0 spiro atoms.